The van der Waals surface area contributed by atoms with Gasteiger partial charge in [-0.25, -0.2) is 0 Å². The van der Waals surface area contributed by atoms with E-state index >= 15 is 0 Å². The predicted molar refractivity (Wildman–Crippen MR) is 96.3 cm³/mol. The van der Waals surface area contributed by atoms with Crippen molar-refractivity contribution in [2.75, 3.05) is 4.90 Å². The van der Waals surface area contributed by atoms with Crippen molar-refractivity contribution >= 4 is 11.4 Å². The zero-order valence-electron chi connectivity index (χ0n) is 15.1. The highest BCUT2D eigenvalue weighted by molar-refractivity contribution is 5.66. The minimum Gasteiger partial charge on any atom is -0.402 e. The van der Waals surface area contributed by atoms with Crippen LogP contribution < -0.4 is 14.4 Å². The van der Waals surface area contributed by atoms with Gasteiger partial charge in [-0.2, -0.15) is 0 Å². The van der Waals surface area contributed by atoms with Crippen LogP contribution in [-0.4, -0.2) is 17.7 Å². The molecule has 3 aromatic rings. The summed E-state index contributed by atoms with van der Waals surface area (Å²) in [5.74, 6) is -2.21. The van der Waals surface area contributed by atoms with Crippen molar-refractivity contribution in [2.24, 2.45) is 0 Å². The summed E-state index contributed by atoms with van der Waals surface area (Å²) >= 11 is 0. The Labute approximate surface area is 167 Å². The summed E-state index contributed by atoms with van der Waals surface area (Å²) in [6, 6.07) is 14.9. The van der Waals surface area contributed by atoms with Gasteiger partial charge in [0.25, 0.3) is 0 Å². The average molecular weight is 428 g/mol. The fourth-order valence-electron chi connectivity index (χ4n) is 2.69. The first-order chi connectivity index (χ1) is 14.1. The van der Waals surface area contributed by atoms with Crippen LogP contribution in [0.5, 0.6) is 11.5 Å². The molecular weight excluding hydrogens is 414 g/mol. The fourth-order valence-corrected chi connectivity index (χ4v) is 2.69. The number of pyridine rings is 1. The van der Waals surface area contributed by atoms with E-state index in [1.807, 2.05) is 0 Å². The topological polar surface area (TPSA) is 34.6 Å². The monoisotopic (exact) mass is 428 g/mol. The maximum Gasteiger partial charge on any atom is 0.573 e. The second-order valence-corrected chi connectivity index (χ2v) is 6.01. The van der Waals surface area contributed by atoms with Crippen molar-refractivity contribution in [3.8, 4) is 11.5 Å². The molecule has 0 aliphatic carbocycles. The molecule has 0 radical (unpaired) electrons. The molecule has 2 aromatic carbocycles. The third-order valence-corrected chi connectivity index (χ3v) is 3.82. The second-order valence-electron chi connectivity index (χ2n) is 6.01. The van der Waals surface area contributed by atoms with Crippen molar-refractivity contribution in [3.05, 3.63) is 78.6 Å². The zero-order chi connectivity index (χ0) is 21.8. The van der Waals surface area contributed by atoms with Gasteiger partial charge < -0.3 is 14.4 Å². The number of halogens is 6. The fraction of sp³-hybridized carbons (Fsp3) is 0.150. The van der Waals surface area contributed by atoms with E-state index < -0.39 is 24.2 Å². The highest BCUT2D eigenvalue weighted by atomic mass is 19.4. The number of hydrogen-bond acceptors (Lipinski definition) is 4. The van der Waals surface area contributed by atoms with Gasteiger partial charge in [-0.05, 0) is 35.9 Å². The van der Waals surface area contributed by atoms with Crippen molar-refractivity contribution in [2.45, 2.75) is 19.3 Å². The number of hydrogen-bond donors (Lipinski definition) is 0. The Balaban J connectivity index is 2.05. The number of ether oxygens (including phenoxy) is 2. The zero-order valence-corrected chi connectivity index (χ0v) is 15.1. The molecule has 0 aliphatic rings. The van der Waals surface area contributed by atoms with Crippen LogP contribution in [-0.2, 0) is 6.54 Å². The third-order valence-electron chi connectivity index (χ3n) is 3.82. The molecule has 10 heteroatoms. The van der Waals surface area contributed by atoms with Crippen molar-refractivity contribution in [3.63, 3.8) is 0 Å². The summed E-state index contributed by atoms with van der Waals surface area (Å²) in [7, 11) is 0. The number of anilines is 2. The number of aromatic nitrogens is 1. The molecule has 0 spiro atoms. The van der Waals surface area contributed by atoms with Gasteiger partial charge in [0.05, 0.1) is 0 Å². The summed E-state index contributed by atoms with van der Waals surface area (Å²) in [4.78, 5) is 5.61. The number of para-hydroxylation sites is 1. The van der Waals surface area contributed by atoms with Crippen LogP contribution in [0.25, 0.3) is 0 Å². The molecule has 3 rings (SSSR count). The summed E-state index contributed by atoms with van der Waals surface area (Å²) in [5.41, 5.74) is 1.50. The molecule has 0 fully saturated rings. The van der Waals surface area contributed by atoms with E-state index in [0.717, 1.165) is 17.7 Å². The maximum atomic E-state index is 12.8. The first kappa shape index (κ1) is 21.3. The molecule has 0 saturated heterocycles. The standard InChI is InChI=1S/C20H14F6N2O2/c21-19(22,23)29-17-9-8-16(11-18(17)30-20(24,25)26)28(15-6-2-1-3-7-15)13-14-5-4-10-27-12-14/h1-12H,13H2. The summed E-state index contributed by atoms with van der Waals surface area (Å²) in [6.45, 7) is 0.197. The predicted octanol–water partition coefficient (Wildman–Crippen LogP) is 6.22. The molecule has 0 bridgehead atoms. The lowest BCUT2D eigenvalue weighted by Crippen LogP contribution is -2.22. The number of nitrogens with zero attached hydrogens (tertiary/aromatic N) is 2. The van der Waals surface area contributed by atoms with E-state index in [9.17, 15) is 26.3 Å². The molecule has 30 heavy (non-hydrogen) atoms. The summed E-state index contributed by atoms with van der Waals surface area (Å²) in [5, 5.41) is 0. The van der Waals surface area contributed by atoms with E-state index in [1.165, 1.54) is 6.07 Å². The largest absolute Gasteiger partial charge is 0.573 e. The van der Waals surface area contributed by atoms with Gasteiger partial charge in [-0.1, -0.05) is 24.3 Å². The van der Waals surface area contributed by atoms with Gasteiger partial charge in [0.2, 0.25) is 0 Å². The molecule has 0 atom stereocenters. The summed E-state index contributed by atoms with van der Waals surface area (Å²) in [6.07, 6.45) is -7.25. The molecule has 0 saturated carbocycles. The van der Waals surface area contributed by atoms with E-state index in [0.29, 0.717) is 5.69 Å². The van der Waals surface area contributed by atoms with E-state index in [1.54, 1.807) is 59.8 Å². The molecule has 0 aliphatic heterocycles. The molecule has 1 heterocycles. The maximum absolute atomic E-state index is 12.8. The lowest BCUT2D eigenvalue weighted by Gasteiger charge is -2.26. The molecule has 0 unspecified atom stereocenters. The van der Waals surface area contributed by atoms with Crippen LogP contribution in [0.1, 0.15) is 5.56 Å². The average Bonchev–Trinajstić information content (AvgIpc) is 2.67. The highest BCUT2D eigenvalue weighted by Crippen LogP contribution is 2.40. The first-order valence-electron chi connectivity index (χ1n) is 8.48. The van der Waals surface area contributed by atoms with Crippen molar-refractivity contribution in [1.82, 2.24) is 4.98 Å². The van der Waals surface area contributed by atoms with Gasteiger partial charge in [-0.15, -0.1) is 26.3 Å². The number of rotatable bonds is 6. The van der Waals surface area contributed by atoms with Crippen molar-refractivity contribution in [1.29, 1.82) is 0 Å². The van der Waals surface area contributed by atoms with Gasteiger partial charge in [0.15, 0.2) is 11.5 Å². The molecule has 4 nitrogen and oxygen atoms in total. The van der Waals surface area contributed by atoms with E-state index in [-0.39, 0.29) is 12.2 Å². The Hall–Kier alpha value is -3.43. The van der Waals surface area contributed by atoms with E-state index in [2.05, 4.69) is 14.5 Å². The van der Waals surface area contributed by atoms with Crippen LogP contribution in [0.2, 0.25) is 0 Å². The van der Waals surface area contributed by atoms with Gasteiger partial charge >= 0.3 is 12.7 Å². The summed E-state index contributed by atoms with van der Waals surface area (Å²) < 4.78 is 83.6. The van der Waals surface area contributed by atoms with Gasteiger partial charge in [0, 0.05) is 36.4 Å². The van der Waals surface area contributed by atoms with Gasteiger partial charge in [-0.3, -0.25) is 4.98 Å². The van der Waals surface area contributed by atoms with Crippen molar-refractivity contribution < 1.29 is 35.8 Å². The molecule has 0 amide bonds. The second kappa shape index (κ2) is 8.52. The van der Waals surface area contributed by atoms with E-state index in [4.69, 9.17) is 0 Å². The van der Waals surface area contributed by atoms with Gasteiger partial charge in [0.1, 0.15) is 0 Å². The molecule has 158 valence electrons. The normalized spacial score (nSPS) is 11.8. The van der Waals surface area contributed by atoms with Crippen LogP contribution in [0.4, 0.5) is 37.7 Å². The Morgan fingerprint density at radius 3 is 2.00 bits per heavy atom. The van der Waals surface area contributed by atoms with Crippen LogP contribution >= 0.6 is 0 Å². The third kappa shape index (κ3) is 6.03. The first-order valence-corrected chi connectivity index (χ1v) is 8.48. The van der Waals surface area contributed by atoms with Crippen LogP contribution in [0.3, 0.4) is 0 Å². The molecular formula is C20H14F6N2O2. The van der Waals surface area contributed by atoms with Crippen LogP contribution in [0.15, 0.2) is 73.1 Å². The number of benzene rings is 2. The van der Waals surface area contributed by atoms with Crippen LogP contribution in [0, 0.1) is 0 Å². The molecule has 1 aromatic heterocycles. The smallest absolute Gasteiger partial charge is 0.402 e. The lowest BCUT2D eigenvalue weighted by atomic mass is 10.2. The number of alkyl halides is 6. The highest BCUT2D eigenvalue weighted by Gasteiger charge is 2.37. The Morgan fingerprint density at radius 1 is 0.733 bits per heavy atom. The SMILES string of the molecule is FC(F)(F)Oc1ccc(N(Cc2cccnc2)c2ccccc2)cc1OC(F)(F)F. The Morgan fingerprint density at radius 2 is 1.40 bits per heavy atom. The minimum atomic E-state index is -5.21. The molecule has 0 N–H and O–H groups in total. The lowest BCUT2D eigenvalue weighted by molar-refractivity contribution is -0.287. The Bertz CT molecular complexity index is 963. The minimum absolute atomic E-state index is 0.166. The quantitative estimate of drug-likeness (QED) is 0.437. The Kier molecular flexibility index (Phi) is 6.04.